The minimum absolute atomic E-state index is 0.655. The smallest absolute Gasteiger partial charge is 0.0838 e. The predicted octanol–water partition coefficient (Wildman–Crippen LogP) is 5.35. The Hall–Kier alpha value is -0.0800. The zero-order chi connectivity index (χ0) is 16.0. The number of ether oxygens (including phenoxy) is 2. The summed E-state index contributed by atoms with van der Waals surface area (Å²) in [6.45, 7) is 2.13. The van der Waals surface area contributed by atoms with E-state index < -0.39 is 0 Å². The van der Waals surface area contributed by atoms with Gasteiger partial charge in [-0.25, -0.2) is 0 Å². The molecule has 0 aromatic heterocycles. The normalized spacial score (nSPS) is 48.0. The molecular weight excluding hydrogens is 296 g/mol. The summed E-state index contributed by atoms with van der Waals surface area (Å²) < 4.78 is 11.2. The van der Waals surface area contributed by atoms with Gasteiger partial charge in [-0.1, -0.05) is 19.3 Å². The van der Waals surface area contributed by atoms with E-state index in [1.807, 2.05) is 0 Å². The van der Waals surface area contributed by atoms with Crippen LogP contribution in [0.25, 0.3) is 0 Å². The highest BCUT2D eigenvalue weighted by atomic mass is 16.6. The summed E-state index contributed by atoms with van der Waals surface area (Å²) in [6, 6.07) is 0. The minimum atomic E-state index is 0.655. The van der Waals surface area contributed by atoms with Gasteiger partial charge in [0.15, 0.2) is 0 Å². The van der Waals surface area contributed by atoms with E-state index in [0.717, 1.165) is 42.3 Å². The first-order valence-electron chi connectivity index (χ1n) is 11.1. The van der Waals surface area contributed by atoms with Crippen molar-refractivity contribution in [1.29, 1.82) is 0 Å². The van der Waals surface area contributed by atoms with E-state index in [1.54, 1.807) is 12.8 Å². The Bertz CT molecular complexity index is 383. The molecule has 0 aromatic carbocycles. The van der Waals surface area contributed by atoms with Crippen LogP contribution in [0.2, 0.25) is 0 Å². The van der Waals surface area contributed by atoms with Crippen molar-refractivity contribution in [3.63, 3.8) is 0 Å². The average Bonchev–Trinajstić information content (AvgIpc) is 3.55. The molecule has 0 spiro atoms. The Morgan fingerprint density at radius 2 is 0.958 bits per heavy atom. The van der Waals surface area contributed by atoms with Gasteiger partial charge in [-0.3, -0.25) is 0 Å². The third-order valence-corrected chi connectivity index (χ3v) is 8.72. The fourth-order valence-electron chi connectivity index (χ4n) is 7.15. The molecule has 2 aliphatic heterocycles. The zero-order valence-corrected chi connectivity index (χ0v) is 15.4. The number of hydrogen-bond acceptors (Lipinski definition) is 2. The number of rotatable bonds is 4. The van der Waals surface area contributed by atoms with Crippen LogP contribution in [0.1, 0.15) is 83.5 Å². The zero-order valence-electron chi connectivity index (χ0n) is 15.4. The van der Waals surface area contributed by atoms with Gasteiger partial charge in [-0.2, -0.15) is 0 Å². The molecule has 2 heteroatoms. The summed E-state index contributed by atoms with van der Waals surface area (Å²) in [5.74, 6) is 3.88. The van der Waals surface area contributed by atoms with Gasteiger partial charge in [0.2, 0.25) is 0 Å². The van der Waals surface area contributed by atoms with Gasteiger partial charge in [0.05, 0.1) is 25.4 Å². The SMILES string of the molecule is C1CCC(C2CCC(C3CO3)CC2)(C2CCC(C3CO3)CC2)CC1. The average molecular weight is 333 g/mol. The maximum absolute atomic E-state index is 5.60. The number of hydrogen-bond donors (Lipinski definition) is 0. The molecule has 5 aliphatic rings. The second-order valence-corrected chi connectivity index (χ2v) is 9.76. The van der Waals surface area contributed by atoms with E-state index in [2.05, 4.69) is 0 Å². The van der Waals surface area contributed by atoms with Crippen LogP contribution in [-0.4, -0.2) is 25.4 Å². The second kappa shape index (κ2) is 6.58. The van der Waals surface area contributed by atoms with Gasteiger partial charge in [-0.05, 0) is 93.3 Å². The van der Waals surface area contributed by atoms with Crippen molar-refractivity contribution in [2.75, 3.05) is 13.2 Å². The van der Waals surface area contributed by atoms with E-state index in [0.29, 0.717) is 12.2 Å². The molecule has 0 radical (unpaired) electrons. The second-order valence-electron chi connectivity index (χ2n) is 9.76. The fraction of sp³-hybridized carbons (Fsp3) is 1.00. The van der Waals surface area contributed by atoms with Crippen LogP contribution in [0.3, 0.4) is 0 Å². The molecule has 0 N–H and O–H groups in total. The lowest BCUT2D eigenvalue weighted by Crippen LogP contribution is -2.43. The lowest BCUT2D eigenvalue weighted by molar-refractivity contribution is -0.0277. The summed E-state index contributed by atoms with van der Waals surface area (Å²) in [5, 5.41) is 0. The van der Waals surface area contributed by atoms with Crippen LogP contribution in [0, 0.1) is 29.1 Å². The molecule has 2 atom stereocenters. The Morgan fingerprint density at radius 1 is 0.542 bits per heavy atom. The van der Waals surface area contributed by atoms with E-state index in [9.17, 15) is 0 Å². The summed E-state index contributed by atoms with van der Waals surface area (Å²) in [6.07, 6.45) is 20.8. The lowest BCUT2D eigenvalue weighted by atomic mass is 9.52. The molecule has 3 aliphatic carbocycles. The molecule has 2 saturated heterocycles. The molecule has 2 unspecified atom stereocenters. The monoisotopic (exact) mass is 332 g/mol. The highest BCUT2D eigenvalue weighted by molar-refractivity contribution is 4.99. The van der Waals surface area contributed by atoms with Crippen molar-refractivity contribution in [3.8, 4) is 0 Å². The third-order valence-electron chi connectivity index (χ3n) is 8.72. The summed E-state index contributed by atoms with van der Waals surface area (Å²) in [5.41, 5.74) is 0.725. The topological polar surface area (TPSA) is 25.1 Å². The van der Waals surface area contributed by atoms with Crippen molar-refractivity contribution in [3.05, 3.63) is 0 Å². The molecule has 5 fully saturated rings. The standard InChI is InChI=1S/C22H36O2/c1-2-12-22(13-3-1,18-8-4-16(5-9-18)20-14-23-20)19-10-6-17(7-11-19)21-15-24-21/h16-21H,1-15H2. The Labute approximate surface area is 148 Å². The Kier molecular flexibility index (Phi) is 4.42. The predicted molar refractivity (Wildman–Crippen MR) is 95.9 cm³/mol. The molecule has 0 bridgehead atoms. The molecule has 0 aromatic rings. The first kappa shape index (κ1) is 16.1. The van der Waals surface area contributed by atoms with Gasteiger partial charge in [-0.15, -0.1) is 0 Å². The van der Waals surface area contributed by atoms with Gasteiger partial charge >= 0.3 is 0 Å². The quantitative estimate of drug-likeness (QED) is 0.649. The van der Waals surface area contributed by atoms with Crippen LogP contribution in [0.15, 0.2) is 0 Å². The van der Waals surface area contributed by atoms with Crippen molar-refractivity contribution in [2.24, 2.45) is 29.1 Å². The Morgan fingerprint density at radius 3 is 1.33 bits per heavy atom. The highest BCUT2D eigenvalue weighted by Gasteiger charge is 2.49. The third kappa shape index (κ3) is 3.07. The van der Waals surface area contributed by atoms with Crippen LogP contribution < -0.4 is 0 Å². The van der Waals surface area contributed by atoms with Crippen molar-refractivity contribution in [1.82, 2.24) is 0 Å². The molecule has 0 amide bonds. The fourth-order valence-corrected chi connectivity index (χ4v) is 7.15. The molecule has 2 nitrogen and oxygen atoms in total. The lowest BCUT2D eigenvalue weighted by Gasteiger charge is -2.53. The van der Waals surface area contributed by atoms with Crippen molar-refractivity contribution >= 4 is 0 Å². The van der Waals surface area contributed by atoms with Crippen molar-refractivity contribution in [2.45, 2.75) is 95.7 Å². The maximum atomic E-state index is 5.60. The number of epoxide rings is 2. The maximum Gasteiger partial charge on any atom is 0.0838 e. The van der Waals surface area contributed by atoms with Gasteiger partial charge in [0.25, 0.3) is 0 Å². The van der Waals surface area contributed by atoms with Crippen LogP contribution in [-0.2, 0) is 9.47 Å². The highest BCUT2D eigenvalue weighted by Crippen LogP contribution is 2.58. The molecule has 2 heterocycles. The van der Waals surface area contributed by atoms with Crippen LogP contribution in [0.4, 0.5) is 0 Å². The summed E-state index contributed by atoms with van der Waals surface area (Å²) in [4.78, 5) is 0. The largest absolute Gasteiger partial charge is 0.373 e. The van der Waals surface area contributed by atoms with Gasteiger partial charge in [0.1, 0.15) is 0 Å². The molecule has 5 rings (SSSR count). The van der Waals surface area contributed by atoms with E-state index in [-0.39, 0.29) is 0 Å². The van der Waals surface area contributed by atoms with E-state index in [4.69, 9.17) is 9.47 Å². The molecule has 24 heavy (non-hydrogen) atoms. The van der Waals surface area contributed by atoms with Crippen LogP contribution >= 0.6 is 0 Å². The Balaban J connectivity index is 1.26. The van der Waals surface area contributed by atoms with Gasteiger partial charge in [0, 0.05) is 0 Å². The first-order chi connectivity index (χ1) is 11.9. The minimum Gasteiger partial charge on any atom is -0.373 e. The summed E-state index contributed by atoms with van der Waals surface area (Å²) >= 11 is 0. The van der Waals surface area contributed by atoms with Gasteiger partial charge < -0.3 is 9.47 Å². The van der Waals surface area contributed by atoms with Crippen molar-refractivity contribution < 1.29 is 9.47 Å². The molecular formula is C22H36O2. The summed E-state index contributed by atoms with van der Waals surface area (Å²) in [7, 11) is 0. The first-order valence-corrected chi connectivity index (χ1v) is 11.1. The molecule has 136 valence electrons. The van der Waals surface area contributed by atoms with Crippen LogP contribution in [0.5, 0.6) is 0 Å². The molecule has 3 saturated carbocycles. The van der Waals surface area contributed by atoms with E-state index >= 15 is 0 Å². The van der Waals surface area contributed by atoms with E-state index in [1.165, 1.54) is 70.6 Å².